The number of hydrogen-bond donors (Lipinski definition) is 0. The van der Waals surface area contributed by atoms with Gasteiger partial charge in [-0.3, -0.25) is 5.01 Å². The Hall–Kier alpha value is -1.71. The molecule has 1 fully saturated rings. The fraction of sp³-hybridized carbons (Fsp3) is 0.500. The van der Waals surface area contributed by atoms with E-state index in [1.165, 1.54) is 19.3 Å². The minimum Gasteiger partial charge on any atom is -0.497 e. The van der Waals surface area contributed by atoms with E-state index in [-0.39, 0.29) is 0 Å². The Bertz CT molecular complexity index is 412. The number of hydrogen-bond acceptors (Lipinski definition) is 4. The predicted molar refractivity (Wildman–Crippen MR) is 72.6 cm³/mol. The lowest BCUT2D eigenvalue weighted by Crippen LogP contribution is -2.24. The maximum Gasteiger partial charge on any atom is 0.131 e. The summed E-state index contributed by atoms with van der Waals surface area (Å²) in [6.07, 6.45) is 5.65. The van der Waals surface area contributed by atoms with E-state index in [1.807, 2.05) is 24.4 Å². The molecule has 1 heterocycles. The molecule has 0 unspecified atom stereocenters. The average molecular weight is 248 g/mol. The van der Waals surface area contributed by atoms with Gasteiger partial charge in [0.2, 0.25) is 0 Å². The summed E-state index contributed by atoms with van der Waals surface area (Å²) in [6, 6.07) is 5.75. The van der Waals surface area contributed by atoms with E-state index in [9.17, 15) is 0 Å². The zero-order chi connectivity index (χ0) is 12.8. The van der Waals surface area contributed by atoms with Gasteiger partial charge in [0.05, 0.1) is 20.4 Å². The molecule has 1 aliphatic rings. The molecule has 0 aromatic heterocycles. The van der Waals surface area contributed by atoms with Gasteiger partial charge in [0.1, 0.15) is 11.5 Å². The lowest BCUT2D eigenvalue weighted by molar-refractivity contribution is 0.240. The van der Waals surface area contributed by atoms with Crippen LogP contribution in [0.1, 0.15) is 24.8 Å². The number of nitrogens with zero attached hydrogens (tertiary/aromatic N) is 2. The molecule has 4 nitrogen and oxygen atoms in total. The van der Waals surface area contributed by atoms with Crippen LogP contribution in [-0.2, 0) is 0 Å². The van der Waals surface area contributed by atoms with E-state index in [4.69, 9.17) is 9.47 Å². The first kappa shape index (κ1) is 12.7. The molecule has 0 bridgehead atoms. The zero-order valence-electron chi connectivity index (χ0n) is 11.1. The van der Waals surface area contributed by atoms with Gasteiger partial charge in [-0.05, 0) is 31.4 Å². The smallest absolute Gasteiger partial charge is 0.131 e. The fourth-order valence-corrected chi connectivity index (χ4v) is 2.06. The van der Waals surface area contributed by atoms with Crippen LogP contribution in [0.3, 0.4) is 0 Å². The molecule has 0 aliphatic carbocycles. The van der Waals surface area contributed by atoms with Gasteiger partial charge in [-0.25, -0.2) is 0 Å². The number of methoxy groups -OCH3 is 2. The second-order valence-corrected chi connectivity index (χ2v) is 4.37. The van der Waals surface area contributed by atoms with E-state index < -0.39 is 0 Å². The van der Waals surface area contributed by atoms with Crippen LogP contribution in [0.2, 0.25) is 0 Å². The summed E-state index contributed by atoms with van der Waals surface area (Å²) in [4.78, 5) is 0. The van der Waals surface area contributed by atoms with Crippen molar-refractivity contribution >= 4 is 6.21 Å². The van der Waals surface area contributed by atoms with Gasteiger partial charge in [-0.15, -0.1) is 0 Å². The van der Waals surface area contributed by atoms with Crippen molar-refractivity contribution in [3.63, 3.8) is 0 Å². The number of hydrazone groups is 1. The third-order valence-corrected chi connectivity index (χ3v) is 3.13. The standard InChI is InChI=1S/C14H20N2O2/c1-17-13-7-6-12(14(10-13)18-2)11-15-16-8-4-3-5-9-16/h6-7,10-11H,3-5,8-9H2,1-2H3. The van der Waals surface area contributed by atoms with Crippen LogP contribution in [0.25, 0.3) is 0 Å². The molecule has 0 radical (unpaired) electrons. The molecular weight excluding hydrogens is 228 g/mol. The molecule has 2 rings (SSSR count). The largest absolute Gasteiger partial charge is 0.497 e. The van der Waals surface area contributed by atoms with Gasteiger partial charge in [0.25, 0.3) is 0 Å². The van der Waals surface area contributed by atoms with E-state index in [1.54, 1.807) is 14.2 Å². The first-order chi connectivity index (χ1) is 8.83. The summed E-state index contributed by atoms with van der Waals surface area (Å²) in [7, 11) is 3.31. The molecule has 1 aromatic rings. The van der Waals surface area contributed by atoms with Gasteiger partial charge in [0, 0.05) is 24.7 Å². The molecule has 0 spiro atoms. The first-order valence-corrected chi connectivity index (χ1v) is 6.34. The van der Waals surface area contributed by atoms with E-state index in [0.29, 0.717) is 0 Å². The number of ether oxygens (including phenoxy) is 2. The summed E-state index contributed by atoms with van der Waals surface area (Å²) >= 11 is 0. The Balaban J connectivity index is 2.09. The topological polar surface area (TPSA) is 34.1 Å². The lowest BCUT2D eigenvalue weighted by Gasteiger charge is -2.23. The number of piperidine rings is 1. The summed E-state index contributed by atoms with van der Waals surface area (Å²) in [5.74, 6) is 1.58. The van der Waals surface area contributed by atoms with Gasteiger partial charge >= 0.3 is 0 Å². The molecular formula is C14H20N2O2. The van der Waals surface area contributed by atoms with Crippen molar-refractivity contribution in [2.75, 3.05) is 27.3 Å². The maximum absolute atomic E-state index is 5.34. The van der Waals surface area contributed by atoms with Crippen LogP contribution < -0.4 is 9.47 Å². The highest BCUT2D eigenvalue weighted by Gasteiger charge is 2.07. The van der Waals surface area contributed by atoms with E-state index in [2.05, 4.69) is 10.1 Å². The van der Waals surface area contributed by atoms with Gasteiger partial charge in [-0.1, -0.05) is 0 Å². The summed E-state index contributed by atoms with van der Waals surface area (Å²) in [5, 5.41) is 6.62. The highest BCUT2D eigenvalue weighted by atomic mass is 16.5. The molecule has 1 saturated heterocycles. The number of rotatable bonds is 4. The minimum absolute atomic E-state index is 0.787. The molecule has 18 heavy (non-hydrogen) atoms. The Morgan fingerprint density at radius 1 is 1.11 bits per heavy atom. The van der Waals surface area contributed by atoms with E-state index >= 15 is 0 Å². The zero-order valence-corrected chi connectivity index (χ0v) is 11.1. The SMILES string of the molecule is COc1ccc(C=NN2CCCCC2)c(OC)c1. The summed E-state index contributed by atoms with van der Waals surface area (Å²) in [5.41, 5.74) is 0.976. The molecule has 0 atom stereocenters. The van der Waals surface area contributed by atoms with E-state index in [0.717, 1.165) is 30.2 Å². The van der Waals surface area contributed by atoms with Crippen LogP contribution in [-0.4, -0.2) is 38.5 Å². The van der Waals surface area contributed by atoms with Crippen LogP contribution in [0, 0.1) is 0 Å². The normalized spacial score (nSPS) is 16.0. The highest BCUT2D eigenvalue weighted by molar-refractivity contribution is 5.83. The second-order valence-electron chi connectivity index (χ2n) is 4.37. The molecule has 0 amide bonds. The van der Waals surface area contributed by atoms with Gasteiger partial charge in [-0.2, -0.15) is 5.10 Å². The fourth-order valence-electron chi connectivity index (χ4n) is 2.06. The minimum atomic E-state index is 0.787. The molecule has 98 valence electrons. The van der Waals surface area contributed by atoms with Gasteiger partial charge < -0.3 is 9.47 Å². The van der Waals surface area contributed by atoms with Crippen molar-refractivity contribution in [1.29, 1.82) is 0 Å². The van der Waals surface area contributed by atoms with Crippen molar-refractivity contribution in [3.8, 4) is 11.5 Å². The predicted octanol–water partition coefficient (Wildman–Crippen LogP) is 2.52. The monoisotopic (exact) mass is 248 g/mol. The van der Waals surface area contributed by atoms with Crippen molar-refractivity contribution in [3.05, 3.63) is 23.8 Å². The second kappa shape index (κ2) is 6.28. The Morgan fingerprint density at radius 2 is 1.89 bits per heavy atom. The van der Waals surface area contributed by atoms with Crippen molar-refractivity contribution < 1.29 is 9.47 Å². The molecule has 1 aliphatic heterocycles. The Labute approximate surface area is 108 Å². The van der Waals surface area contributed by atoms with Crippen molar-refractivity contribution in [2.45, 2.75) is 19.3 Å². The van der Waals surface area contributed by atoms with Crippen LogP contribution >= 0.6 is 0 Å². The van der Waals surface area contributed by atoms with Crippen LogP contribution in [0.15, 0.2) is 23.3 Å². The summed E-state index contributed by atoms with van der Waals surface area (Å²) < 4.78 is 10.5. The van der Waals surface area contributed by atoms with Gasteiger partial charge in [0.15, 0.2) is 0 Å². The third kappa shape index (κ3) is 3.15. The molecule has 4 heteroatoms. The molecule has 0 N–H and O–H groups in total. The Morgan fingerprint density at radius 3 is 2.56 bits per heavy atom. The average Bonchev–Trinajstić information content (AvgIpc) is 2.46. The van der Waals surface area contributed by atoms with Crippen molar-refractivity contribution in [1.82, 2.24) is 5.01 Å². The van der Waals surface area contributed by atoms with Crippen molar-refractivity contribution in [2.24, 2.45) is 5.10 Å². The van der Waals surface area contributed by atoms with Crippen LogP contribution in [0.4, 0.5) is 0 Å². The number of benzene rings is 1. The maximum atomic E-state index is 5.34. The lowest BCUT2D eigenvalue weighted by atomic mass is 10.2. The summed E-state index contributed by atoms with van der Waals surface area (Å²) in [6.45, 7) is 2.10. The highest BCUT2D eigenvalue weighted by Crippen LogP contribution is 2.23. The third-order valence-electron chi connectivity index (χ3n) is 3.13. The van der Waals surface area contributed by atoms with Crippen LogP contribution in [0.5, 0.6) is 11.5 Å². The Kier molecular flexibility index (Phi) is 4.45. The first-order valence-electron chi connectivity index (χ1n) is 6.34. The molecule has 1 aromatic carbocycles. The quantitative estimate of drug-likeness (QED) is 0.768. The molecule has 0 saturated carbocycles.